The molecule has 0 spiro atoms. The van der Waals surface area contributed by atoms with Crippen LogP contribution in [0.1, 0.15) is 16.1 Å². The highest BCUT2D eigenvalue weighted by atomic mass is 79.9. The summed E-state index contributed by atoms with van der Waals surface area (Å²) in [7, 11) is 0. The van der Waals surface area contributed by atoms with Crippen LogP contribution in [0.4, 0.5) is 0 Å². The Balaban J connectivity index is 2.12. The van der Waals surface area contributed by atoms with Crippen molar-refractivity contribution in [1.82, 2.24) is 4.98 Å². The van der Waals surface area contributed by atoms with Crippen molar-refractivity contribution in [2.75, 3.05) is 0 Å². The number of hydrogen-bond donors (Lipinski definition) is 0. The molecule has 0 fully saturated rings. The first kappa shape index (κ1) is 13.1. The van der Waals surface area contributed by atoms with Crippen molar-refractivity contribution in [3.63, 3.8) is 0 Å². The van der Waals surface area contributed by atoms with Gasteiger partial charge in [-0.2, -0.15) is 0 Å². The molecular formula is C13H9BrClNO2. The second-order valence-corrected chi connectivity index (χ2v) is 4.92. The van der Waals surface area contributed by atoms with Crippen molar-refractivity contribution < 1.29 is 9.53 Å². The van der Waals surface area contributed by atoms with Crippen LogP contribution in [0.15, 0.2) is 41.0 Å². The molecule has 2 aromatic rings. The summed E-state index contributed by atoms with van der Waals surface area (Å²) in [6, 6.07) is 9.04. The minimum absolute atomic E-state index is 0.284. The van der Waals surface area contributed by atoms with Gasteiger partial charge in [-0.15, -0.1) is 0 Å². The van der Waals surface area contributed by atoms with Crippen molar-refractivity contribution in [2.45, 2.75) is 6.61 Å². The summed E-state index contributed by atoms with van der Waals surface area (Å²) in [6.45, 7) is 0.357. The van der Waals surface area contributed by atoms with Gasteiger partial charge in [0.1, 0.15) is 18.1 Å². The van der Waals surface area contributed by atoms with Crippen LogP contribution in [0.25, 0.3) is 0 Å². The van der Waals surface area contributed by atoms with E-state index in [9.17, 15) is 4.79 Å². The lowest BCUT2D eigenvalue weighted by Crippen LogP contribution is -1.99. The number of ether oxygens (including phenoxy) is 1. The van der Waals surface area contributed by atoms with Gasteiger partial charge in [-0.3, -0.25) is 4.79 Å². The van der Waals surface area contributed by atoms with Crippen LogP contribution >= 0.6 is 27.5 Å². The number of aldehydes is 1. The highest BCUT2D eigenvalue weighted by Gasteiger charge is 2.05. The molecule has 1 heterocycles. The van der Waals surface area contributed by atoms with E-state index < -0.39 is 0 Å². The van der Waals surface area contributed by atoms with Gasteiger partial charge in [-0.25, -0.2) is 4.98 Å². The summed E-state index contributed by atoms with van der Waals surface area (Å²) in [5.41, 5.74) is 1.25. The third-order valence-electron chi connectivity index (χ3n) is 2.27. The van der Waals surface area contributed by atoms with E-state index in [0.29, 0.717) is 23.7 Å². The molecule has 5 heteroatoms. The van der Waals surface area contributed by atoms with Gasteiger partial charge in [0.2, 0.25) is 0 Å². The topological polar surface area (TPSA) is 39.2 Å². The molecule has 0 saturated carbocycles. The molecule has 0 unspecified atom stereocenters. The maximum absolute atomic E-state index is 10.8. The molecule has 2 rings (SSSR count). The van der Waals surface area contributed by atoms with Gasteiger partial charge in [-0.1, -0.05) is 23.7 Å². The van der Waals surface area contributed by atoms with E-state index in [2.05, 4.69) is 20.9 Å². The van der Waals surface area contributed by atoms with Gasteiger partial charge in [-0.05, 0) is 39.7 Å². The molecule has 0 bridgehead atoms. The van der Waals surface area contributed by atoms with Crippen LogP contribution in [0.3, 0.4) is 0 Å². The number of carbonyl (C=O) groups is 1. The van der Waals surface area contributed by atoms with Gasteiger partial charge >= 0.3 is 0 Å². The van der Waals surface area contributed by atoms with Crippen molar-refractivity contribution in [2.24, 2.45) is 0 Å². The van der Waals surface area contributed by atoms with Crippen LogP contribution in [0, 0.1) is 0 Å². The van der Waals surface area contributed by atoms with Gasteiger partial charge in [0, 0.05) is 15.7 Å². The molecular weight excluding hydrogens is 318 g/mol. The van der Waals surface area contributed by atoms with Crippen LogP contribution in [0.5, 0.6) is 5.75 Å². The third kappa shape index (κ3) is 3.31. The normalized spacial score (nSPS) is 10.1. The zero-order valence-corrected chi connectivity index (χ0v) is 11.6. The molecule has 0 saturated heterocycles. The first-order valence-electron chi connectivity index (χ1n) is 5.17. The van der Waals surface area contributed by atoms with E-state index in [4.69, 9.17) is 16.3 Å². The molecule has 0 radical (unpaired) electrons. The number of nitrogens with zero attached hydrogens (tertiary/aromatic N) is 1. The molecule has 0 atom stereocenters. The summed E-state index contributed by atoms with van der Waals surface area (Å²) < 4.78 is 6.33. The Morgan fingerprint density at radius 2 is 2.06 bits per heavy atom. The van der Waals surface area contributed by atoms with E-state index in [1.54, 1.807) is 24.4 Å². The first-order valence-corrected chi connectivity index (χ1v) is 6.34. The van der Waals surface area contributed by atoms with Gasteiger partial charge in [0.15, 0.2) is 6.29 Å². The number of carbonyl (C=O) groups excluding carboxylic acids is 1. The smallest absolute Gasteiger partial charge is 0.172 e. The van der Waals surface area contributed by atoms with Gasteiger partial charge < -0.3 is 4.74 Å². The van der Waals surface area contributed by atoms with Crippen molar-refractivity contribution in [1.29, 1.82) is 0 Å². The van der Waals surface area contributed by atoms with Crippen LogP contribution in [-0.2, 0) is 6.61 Å². The van der Waals surface area contributed by atoms with Gasteiger partial charge in [0.25, 0.3) is 0 Å². The van der Waals surface area contributed by atoms with Crippen LogP contribution in [-0.4, -0.2) is 11.3 Å². The minimum Gasteiger partial charge on any atom is -0.486 e. The zero-order valence-electron chi connectivity index (χ0n) is 9.27. The zero-order chi connectivity index (χ0) is 13.0. The van der Waals surface area contributed by atoms with Crippen molar-refractivity contribution in [3.8, 4) is 5.75 Å². The van der Waals surface area contributed by atoms with Crippen LogP contribution < -0.4 is 4.74 Å². The monoisotopic (exact) mass is 325 g/mol. The van der Waals surface area contributed by atoms with E-state index in [1.165, 1.54) is 0 Å². The Kier molecular flexibility index (Phi) is 4.33. The second-order valence-electron chi connectivity index (χ2n) is 3.57. The average Bonchev–Trinajstić information content (AvgIpc) is 2.38. The number of pyridine rings is 1. The molecule has 0 N–H and O–H groups in total. The Hall–Kier alpha value is -1.39. The predicted octanol–water partition coefficient (Wildman–Crippen LogP) is 3.89. The molecule has 18 heavy (non-hydrogen) atoms. The maximum atomic E-state index is 10.8. The SMILES string of the molecule is O=Cc1ncc(Br)cc1OCc1ccc(Cl)cc1. The van der Waals surface area contributed by atoms with E-state index >= 15 is 0 Å². The van der Waals surface area contributed by atoms with Crippen LogP contribution in [0.2, 0.25) is 5.02 Å². The number of halogens is 2. The number of rotatable bonds is 4. The average molecular weight is 327 g/mol. The van der Waals surface area contributed by atoms with E-state index in [1.807, 2.05) is 12.1 Å². The maximum Gasteiger partial charge on any atom is 0.172 e. The molecule has 0 aliphatic carbocycles. The summed E-state index contributed by atoms with van der Waals surface area (Å²) in [4.78, 5) is 14.8. The number of hydrogen-bond acceptors (Lipinski definition) is 3. The second kappa shape index (κ2) is 5.98. The predicted molar refractivity (Wildman–Crippen MR) is 73.1 cm³/mol. The molecule has 92 valence electrons. The highest BCUT2D eigenvalue weighted by Crippen LogP contribution is 2.21. The number of aromatic nitrogens is 1. The Bertz CT molecular complexity index is 557. The lowest BCUT2D eigenvalue weighted by atomic mass is 10.2. The highest BCUT2D eigenvalue weighted by molar-refractivity contribution is 9.10. The molecule has 1 aromatic heterocycles. The minimum atomic E-state index is 0.284. The molecule has 0 aliphatic heterocycles. The third-order valence-corrected chi connectivity index (χ3v) is 2.95. The summed E-state index contributed by atoms with van der Waals surface area (Å²) >= 11 is 9.08. The Morgan fingerprint density at radius 1 is 1.33 bits per heavy atom. The Morgan fingerprint density at radius 3 is 2.72 bits per heavy atom. The summed E-state index contributed by atoms with van der Waals surface area (Å²) in [5.74, 6) is 0.453. The number of benzene rings is 1. The standard InChI is InChI=1S/C13H9BrClNO2/c14-10-5-13(12(7-17)16-6-10)18-8-9-1-3-11(15)4-2-9/h1-7H,8H2. The quantitative estimate of drug-likeness (QED) is 0.800. The Labute approximate surface area is 118 Å². The summed E-state index contributed by atoms with van der Waals surface area (Å²) in [5, 5.41) is 0.677. The largest absolute Gasteiger partial charge is 0.486 e. The fourth-order valence-electron chi connectivity index (χ4n) is 1.38. The fourth-order valence-corrected chi connectivity index (χ4v) is 1.81. The van der Waals surface area contributed by atoms with Crippen molar-refractivity contribution in [3.05, 3.63) is 57.3 Å². The molecule has 0 aliphatic rings. The lowest BCUT2D eigenvalue weighted by molar-refractivity contribution is 0.111. The van der Waals surface area contributed by atoms with Crippen molar-refractivity contribution >= 4 is 33.8 Å². The lowest BCUT2D eigenvalue weighted by Gasteiger charge is -2.08. The summed E-state index contributed by atoms with van der Waals surface area (Å²) in [6.07, 6.45) is 2.22. The first-order chi connectivity index (χ1) is 8.69. The molecule has 3 nitrogen and oxygen atoms in total. The van der Waals surface area contributed by atoms with E-state index in [-0.39, 0.29) is 5.69 Å². The molecule has 0 amide bonds. The fraction of sp³-hybridized carbons (Fsp3) is 0.0769. The van der Waals surface area contributed by atoms with Gasteiger partial charge in [0.05, 0.1) is 0 Å². The van der Waals surface area contributed by atoms with E-state index in [0.717, 1.165) is 10.0 Å². The molecule has 1 aromatic carbocycles.